The number of thioether (sulfide) groups is 1. The highest BCUT2D eigenvalue weighted by molar-refractivity contribution is 8.19. The van der Waals surface area contributed by atoms with Crippen LogP contribution in [0.4, 0.5) is 4.79 Å². The summed E-state index contributed by atoms with van der Waals surface area (Å²) >= 11 is 6.14. The lowest BCUT2D eigenvalue weighted by molar-refractivity contribution is 0.265. The zero-order valence-electron chi connectivity index (χ0n) is 11.1. The second-order valence-corrected chi connectivity index (χ2v) is 5.71. The van der Waals surface area contributed by atoms with Crippen molar-refractivity contribution in [1.29, 1.82) is 0 Å². The van der Waals surface area contributed by atoms with Crippen LogP contribution < -0.4 is 10.1 Å². The third kappa shape index (κ3) is 3.01. The molecule has 1 aromatic heterocycles. The van der Waals surface area contributed by atoms with E-state index in [-0.39, 0.29) is 5.24 Å². The predicted octanol–water partition coefficient (Wildman–Crippen LogP) is 4.08. The average Bonchev–Trinajstić information content (AvgIpc) is 3.07. The molecule has 0 spiro atoms. The van der Waals surface area contributed by atoms with Gasteiger partial charge in [0, 0.05) is 5.56 Å². The molecule has 0 saturated carbocycles. The zero-order valence-corrected chi connectivity index (χ0v) is 12.7. The van der Waals surface area contributed by atoms with Crippen molar-refractivity contribution in [2.75, 3.05) is 7.11 Å². The SMILES string of the molecule is COc1ccc(-c2ccc(/C=C3\SC(=O)NC3=S)o2)cc1. The van der Waals surface area contributed by atoms with Gasteiger partial charge in [0.15, 0.2) is 0 Å². The van der Waals surface area contributed by atoms with Crippen LogP contribution in [0.15, 0.2) is 45.7 Å². The number of ether oxygens (including phenoxy) is 1. The molecule has 1 aliphatic heterocycles. The van der Waals surface area contributed by atoms with Crippen LogP contribution in [0, 0.1) is 0 Å². The Morgan fingerprint density at radius 2 is 2.00 bits per heavy atom. The van der Waals surface area contributed by atoms with Crippen molar-refractivity contribution >= 4 is 40.3 Å². The smallest absolute Gasteiger partial charge is 0.289 e. The van der Waals surface area contributed by atoms with Gasteiger partial charge in [0.25, 0.3) is 5.24 Å². The topological polar surface area (TPSA) is 51.5 Å². The molecule has 0 aliphatic carbocycles. The first-order chi connectivity index (χ1) is 10.2. The Morgan fingerprint density at radius 3 is 2.62 bits per heavy atom. The van der Waals surface area contributed by atoms with Crippen molar-refractivity contribution in [1.82, 2.24) is 5.32 Å². The predicted molar refractivity (Wildman–Crippen MR) is 87.4 cm³/mol. The summed E-state index contributed by atoms with van der Waals surface area (Å²) in [5, 5.41) is 2.41. The molecule has 0 atom stereocenters. The van der Waals surface area contributed by atoms with Gasteiger partial charge in [0.2, 0.25) is 0 Å². The van der Waals surface area contributed by atoms with Crippen LogP contribution in [0.3, 0.4) is 0 Å². The summed E-state index contributed by atoms with van der Waals surface area (Å²) in [7, 11) is 1.63. The summed E-state index contributed by atoms with van der Waals surface area (Å²) in [5.41, 5.74) is 0.955. The highest BCUT2D eigenvalue weighted by atomic mass is 32.2. The minimum Gasteiger partial charge on any atom is -0.497 e. The van der Waals surface area contributed by atoms with Crippen molar-refractivity contribution in [2.45, 2.75) is 0 Å². The normalized spacial score (nSPS) is 16.3. The first kappa shape index (κ1) is 13.9. The summed E-state index contributed by atoms with van der Waals surface area (Å²) in [6.45, 7) is 0. The molecule has 21 heavy (non-hydrogen) atoms. The van der Waals surface area contributed by atoms with Gasteiger partial charge in [-0.05, 0) is 54.2 Å². The number of nitrogens with one attached hydrogen (secondary N) is 1. The third-order valence-corrected chi connectivity index (χ3v) is 4.20. The Bertz CT molecular complexity index is 732. The molecule has 3 rings (SSSR count). The third-order valence-electron chi connectivity index (χ3n) is 2.92. The molecule has 0 unspecified atom stereocenters. The molecule has 4 nitrogen and oxygen atoms in total. The van der Waals surface area contributed by atoms with Gasteiger partial charge in [-0.15, -0.1) is 0 Å². The van der Waals surface area contributed by atoms with E-state index in [1.807, 2.05) is 36.4 Å². The molecule has 106 valence electrons. The van der Waals surface area contributed by atoms with Crippen LogP contribution >= 0.6 is 24.0 Å². The standard InChI is InChI=1S/C15H11NO3S2/c1-18-10-4-2-9(3-5-10)12-7-6-11(19-12)8-13-14(20)16-15(17)21-13/h2-8H,1H3,(H,16,17,20)/b13-8-. The summed E-state index contributed by atoms with van der Waals surface area (Å²) < 4.78 is 10.9. The highest BCUT2D eigenvalue weighted by Crippen LogP contribution is 2.29. The van der Waals surface area contributed by atoms with Crippen LogP contribution in [0.2, 0.25) is 0 Å². The molecule has 1 saturated heterocycles. The molecule has 0 bridgehead atoms. The minimum atomic E-state index is -0.159. The Morgan fingerprint density at radius 1 is 1.24 bits per heavy atom. The van der Waals surface area contributed by atoms with Gasteiger partial charge in [-0.1, -0.05) is 12.2 Å². The quantitative estimate of drug-likeness (QED) is 0.683. The fraction of sp³-hybridized carbons (Fsp3) is 0.0667. The molecular weight excluding hydrogens is 306 g/mol. The second kappa shape index (κ2) is 5.75. The monoisotopic (exact) mass is 317 g/mol. The summed E-state index contributed by atoms with van der Waals surface area (Å²) in [6.07, 6.45) is 1.76. The lowest BCUT2D eigenvalue weighted by Crippen LogP contribution is -2.15. The molecule has 1 N–H and O–H groups in total. The first-order valence-electron chi connectivity index (χ1n) is 6.15. The number of amides is 1. The summed E-state index contributed by atoms with van der Waals surface area (Å²) in [4.78, 5) is 12.4. The molecule has 1 aromatic carbocycles. The highest BCUT2D eigenvalue weighted by Gasteiger charge is 2.21. The summed E-state index contributed by atoms with van der Waals surface area (Å²) in [6, 6.07) is 11.3. The van der Waals surface area contributed by atoms with Gasteiger partial charge < -0.3 is 14.5 Å². The van der Waals surface area contributed by atoms with E-state index >= 15 is 0 Å². The number of rotatable bonds is 3. The van der Waals surface area contributed by atoms with Crippen molar-refractivity contribution in [3.8, 4) is 17.1 Å². The maximum absolute atomic E-state index is 11.2. The van der Waals surface area contributed by atoms with E-state index < -0.39 is 0 Å². The number of furan rings is 1. The zero-order chi connectivity index (χ0) is 14.8. The maximum atomic E-state index is 11.2. The molecule has 1 aliphatic rings. The van der Waals surface area contributed by atoms with Crippen LogP contribution in [0.5, 0.6) is 5.75 Å². The second-order valence-electron chi connectivity index (χ2n) is 4.28. The van der Waals surface area contributed by atoms with E-state index in [1.165, 1.54) is 0 Å². The van der Waals surface area contributed by atoms with Crippen molar-refractivity contribution in [3.63, 3.8) is 0 Å². The number of methoxy groups -OCH3 is 1. The molecule has 2 aromatic rings. The number of benzene rings is 1. The van der Waals surface area contributed by atoms with E-state index in [4.69, 9.17) is 21.4 Å². The number of thiocarbonyl (C=S) groups is 1. The van der Waals surface area contributed by atoms with Crippen LogP contribution in [-0.4, -0.2) is 17.3 Å². The minimum absolute atomic E-state index is 0.159. The average molecular weight is 317 g/mol. The molecule has 2 heterocycles. The fourth-order valence-corrected chi connectivity index (χ4v) is 2.90. The van der Waals surface area contributed by atoms with Gasteiger partial charge in [0.05, 0.1) is 12.0 Å². The molecule has 1 amide bonds. The van der Waals surface area contributed by atoms with Gasteiger partial charge in [-0.2, -0.15) is 0 Å². The lowest BCUT2D eigenvalue weighted by Gasteiger charge is -2.00. The fourth-order valence-electron chi connectivity index (χ4n) is 1.89. The van der Waals surface area contributed by atoms with E-state index in [0.29, 0.717) is 15.7 Å². The van der Waals surface area contributed by atoms with E-state index in [0.717, 1.165) is 28.8 Å². The van der Waals surface area contributed by atoms with Gasteiger partial charge >= 0.3 is 0 Å². The number of hydrogen-bond acceptors (Lipinski definition) is 5. The van der Waals surface area contributed by atoms with Crippen LogP contribution in [0.25, 0.3) is 17.4 Å². The van der Waals surface area contributed by atoms with Crippen molar-refractivity contribution in [3.05, 3.63) is 47.1 Å². The number of carbonyl (C=O) groups excluding carboxylic acids is 1. The lowest BCUT2D eigenvalue weighted by atomic mass is 10.2. The van der Waals surface area contributed by atoms with Gasteiger partial charge in [-0.25, -0.2) is 0 Å². The molecule has 6 heteroatoms. The Kier molecular flexibility index (Phi) is 3.81. The maximum Gasteiger partial charge on any atom is 0.289 e. The summed E-state index contributed by atoms with van der Waals surface area (Å²) in [5.74, 6) is 2.20. The van der Waals surface area contributed by atoms with E-state index in [2.05, 4.69) is 5.32 Å². The van der Waals surface area contributed by atoms with Gasteiger partial charge in [0.1, 0.15) is 22.3 Å². The van der Waals surface area contributed by atoms with E-state index in [1.54, 1.807) is 13.2 Å². The van der Waals surface area contributed by atoms with Gasteiger partial charge in [-0.3, -0.25) is 4.79 Å². The van der Waals surface area contributed by atoms with E-state index in [9.17, 15) is 4.79 Å². The van der Waals surface area contributed by atoms with Crippen LogP contribution in [-0.2, 0) is 0 Å². The number of hydrogen-bond donors (Lipinski definition) is 1. The Hall–Kier alpha value is -2.05. The van der Waals surface area contributed by atoms with Crippen molar-refractivity contribution in [2.24, 2.45) is 0 Å². The van der Waals surface area contributed by atoms with Crippen LogP contribution in [0.1, 0.15) is 5.76 Å². The molecule has 1 fully saturated rings. The molecular formula is C15H11NO3S2. The molecule has 0 radical (unpaired) electrons. The Labute approximate surface area is 131 Å². The number of carbonyl (C=O) groups is 1. The Balaban J connectivity index is 1.84. The first-order valence-corrected chi connectivity index (χ1v) is 7.37. The largest absolute Gasteiger partial charge is 0.497 e. The van der Waals surface area contributed by atoms with Crippen molar-refractivity contribution < 1.29 is 13.9 Å².